The van der Waals surface area contributed by atoms with Gasteiger partial charge in [0.15, 0.2) is 0 Å². The van der Waals surface area contributed by atoms with Crippen LogP contribution in [0.5, 0.6) is 0 Å². The first-order chi connectivity index (χ1) is 9.00. The Morgan fingerprint density at radius 2 is 2.00 bits per heavy atom. The number of aliphatic carboxylic acids is 1. The van der Waals surface area contributed by atoms with Gasteiger partial charge in [-0.1, -0.05) is 24.3 Å². The maximum Gasteiger partial charge on any atom is 0.326 e. The number of nitrogens with one attached hydrogen (secondary N) is 1. The molecule has 1 amide bonds. The molecule has 19 heavy (non-hydrogen) atoms. The third-order valence-electron chi connectivity index (χ3n) is 3.67. The largest absolute Gasteiger partial charge is 0.480 e. The molecule has 0 saturated heterocycles. The summed E-state index contributed by atoms with van der Waals surface area (Å²) in [7, 11) is 1.53. The van der Waals surface area contributed by atoms with Gasteiger partial charge >= 0.3 is 5.97 Å². The fourth-order valence-electron chi connectivity index (χ4n) is 2.23. The quantitative estimate of drug-likeness (QED) is 0.838. The zero-order valence-electron chi connectivity index (χ0n) is 11.1. The van der Waals surface area contributed by atoms with E-state index in [0.717, 1.165) is 5.56 Å². The zero-order chi connectivity index (χ0) is 14.0. The van der Waals surface area contributed by atoms with Crippen molar-refractivity contribution in [3.05, 3.63) is 35.4 Å². The van der Waals surface area contributed by atoms with E-state index in [-0.39, 0.29) is 11.9 Å². The van der Waals surface area contributed by atoms with Gasteiger partial charge in [0.2, 0.25) is 5.91 Å². The molecule has 0 spiro atoms. The first-order valence-corrected chi connectivity index (χ1v) is 6.30. The van der Waals surface area contributed by atoms with Crippen molar-refractivity contribution in [3.8, 4) is 0 Å². The Kier molecular flexibility index (Phi) is 3.85. The number of likely N-dealkylation sites (N-methyl/N-ethyl adjacent to an activating group) is 1. The Morgan fingerprint density at radius 1 is 1.37 bits per heavy atom. The molecule has 102 valence electrons. The molecule has 1 aliphatic heterocycles. The average Bonchev–Trinajstić information content (AvgIpc) is 2.44. The van der Waals surface area contributed by atoms with Crippen molar-refractivity contribution in [2.24, 2.45) is 0 Å². The molecule has 2 atom stereocenters. The highest BCUT2D eigenvalue weighted by molar-refractivity contribution is 5.87. The van der Waals surface area contributed by atoms with Gasteiger partial charge < -0.3 is 15.3 Å². The SMILES string of the molecule is CC(C(=O)O)N(C)C(=O)[C@H]1Cc2ccccc2CN1. The van der Waals surface area contributed by atoms with Gasteiger partial charge in [0, 0.05) is 13.6 Å². The maximum atomic E-state index is 12.3. The van der Waals surface area contributed by atoms with Crippen LogP contribution in [0.3, 0.4) is 0 Å². The van der Waals surface area contributed by atoms with Crippen molar-refractivity contribution in [2.75, 3.05) is 7.05 Å². The number of hydrogen-bond donors (Lipinski definition) is 2. The highest BCUT2D eigenvalue weighted by Crippen LogP contribution is 2.17. The van der Waals surface area contributed by atoms with Crippen LogP contribution < -0.4 is 5.32 Å². The second-order valence-electron chi connectivity index (χ2n) is 4.87. The summed E-state index contributed by atoms with van der Waals surface area (Å²) in [5.41, 5.74) is 2.34. The molecule has 1 heterocycles. The standard InChI is InChI=1S/C14H18N2O3/c1-9(14(18)19)16(2)13(17)12-7-10-5-3-4-6-11(10)8-15-12/h3-6,9,12,15H,7-8H2,1-2H3,(H,18,19)/t9?,12-/m1/s1. The summed E-state index contributed by atoms with van der Waals surface area (Å²) >= 11 is 0. The van der Waals surface area contributed by atoms with Crippen LogP contribution in [-0.4, -0.2) is 41.0 Å². The highest BCUT2D eigenvalue weighted by atomic mass is 16.4. The number of amides is 1. The van der Waals surface area contributed by atoms with E-state index in [2.05, 4.69) is 5.32 Å². The van der Waals surface area contributed by atoms with Crippen molar-refractivity contribution >= 4 is 11.9 Å². The molecule has 2 rings (SSSR count). The van der Waals surface area contributed by atoms with E-state index >= 15 is 0 Å². The van der Waals surface area contributed by atoms with Crippen molar-refractivity contribution < 1.29 is 14.7 Å². The van der Waals surface area contributed by atoms with Crippen LogP contribution in [0.25, 0.3) is 0 Å². The molecule has 0 bridgehead atoms. The smallest absolute Gasteiger partial charge is 0.326 e. The summed E-state index contributed by atoms with van der Waals surface area (Å²) in [5, 5.41) is 12.1. The Labute approximate surface area is 112 Å². The average molecular weight is 262 g/mol. The van der Waals surface area contributed by atoms with E-state index in [1.165, 1.54) is 24.4 Å². The molecule has 0 aliphatic carbocycles. The van der Waals surface area contributed by atoms with Crippen LogP contribution in [0.4, 0.5) is 0 Å². The molecule has 5 heteroatoms. The molecular formula is C14H18N2O3. The lowest BCUT2D eigenvalue weighted by Crippen LogP contribution is -2.52. The molecule has 1 aromatic rings. The Morgan fingerprint density at radius 3 is 2.63 bits per heavy atom. The van der Waals surface area contributed by atoms with E-state index in [0.29, 0.717) is 13.0 Å². The number of fused-ring (bicyclic) bond motifs is 1. The number of benzene rings is 1. The minimum atomic E-state index is -0.993. The van der Waals surface area contributed by atoms with Gasteiger partial charge in [-0.15, -0.1) is 0 Å². The maximum absolute atomic E-state index is 12.3. The molecule has 5 nitrogen and oxygen atoms in total. The fourth-order valence-corrected chi connectivity index (χ4v) is 2.23. The Balaban J connectivity index is 2.08. The summed E-state index contributed by atoms with van der Waals surface area (Å²) in [6, 6.07) is 6.81. The molecule has 1 aliphatic rings. The third-order valence-corrected chi connectivity index (χ3v) is 3.67. The Bertz CT molecular complexity index is 501. The second-order valence-corrected chi connectivity index (χ2v) is 4.87. The molecule has 0 saturated carbocycles. The van der Waals surface area contributed by atoms with Crippen molar-refractivity contribution in [3.63, 3.8) is 0 Å². The minimum absolute atomic E-state index is 0.176. The lowest BCUT2D eigenvalue weighted by atomic mass is 9.95. The van der Waals surface area contributed by atoms with Crippen LogP contribution in [0.1, 0.15) is 18.1 Å². The highest BCUT2D eigenvalue weighted by Gasteiger charge is 2.30. The number of carboxylic acid groups (broad SMARTS) is 1. The first-order valence-electron chi connectivity index (χ1n) is 6.30. The molecular weight excluding hydrogens is 244 g/mol. The van der Waals surface area contributed by atoms with Gasteiger partial charge in [-0.05, 0) is 24.5 Å². The summed E-state index contributed by atoms with van der Waals surface area (Å²) < 4.78 is 0. The normalized spacial score (nSPS) is 19.4. The number of rotatable bonds is 3. The van der Waals surface area contributed by atoms with E-state index < -0.39 is 12.0 Å². The van der Waals surface area contributed by atoms with Crippen LogP contribution in [-0.2, 0) is 22.6 Å². The summed E-state index contributed by atoms with van der Waals surface area (Å²) in [6.45, 7) is 2.15. The summed E-state index contributed by atoms with van der Waals surface area (Å²) in [4.78, 5) is 24.5. The van der Waals surface area contributed by atoms with E-state index in [1.807, 2.05) is 24.3 Å². The van der Waals surface area contributed by atoms with Gasteiger partial charge in [0.05, 0.1) is 6.04 Å². The first kappa shape index (κ1) is 13.5. The molecule has 1 unspecified atom stereocenters. The van der Waals surface area contributed by atoms with Gasteiger partial charge in [-0.2, -0.15) is 0 Å². The molecule has 0 fully saturated rings. The van der Waals surface area contributed by atoms with E-state index in [1.54, 1.807) is 0 Å². The molecule has 0 radical (unpaired) electrons. The topological polar surface area (TPSA) is 69.6 Å². The van der Waals surface area contributed by atoms with Crippen molar-refractivity contribution in [1.29, 1.82) is 0 Å². The molecule has 2 N–H and O–H groups in total. The lowest BCUT2D eigenvalue weighted by Gasteiger charge is -2.30. The second kappa shape index (κ2) is 5.40. The minimum Gasteiger partial charge on any atom is -0.480 e. The van der Waals surface area contributed by atoms with E-state index in [4.69, 9.17) is 5.11 Å². The summed E-state index contributed by atoms with van der Waals surface area (Å²) in [5.74, 6) is -1.17. The van der Waals surface area contributed by atoms with Gasteiger partial charge in [-0.3, -0.25) is 4.79 Å². The van der Waals surface area contributed by atoms with Gasteiger partial charge in [0.1, 0.15) is 6.04 Å². The number of carbonyl (C=O) groups is 2. The predicted molar refractivity (Wildman–Crippen MR) is 70.6 cm³/mol. The fraction of sp³-hybridized carbons (Fsp3) is 0.429. The van der Waals surface area contributed by atoms with E-state index in [9.17, 15) is 9.59 Å². The number of carbonyl (C=O) groups excluding carboxylic acids is 1. The number of hydrogen-bond acceptors (Lipinski definition) is 3. The van der Waals surface area contributed by atoms with Crippen LogP contribution in [0, 0.1) is 0 Å². The van der Waals surface area contributed by atoms with Crippen LogP contribution in [0.15, 0.2) is 24.3 Å². The van der Waals surface area contributed by atoms with Crippen molar-refractivity contribution in [1.82, 2.24) is 10.2 Å². The molecule has 1 aromatic carbocycles. The van der Waals surface area contributed by atoms with Crippen molar-refractivity contribution in [2.45, 2.75) is 32.0 Å². The van der Waals surface area contributed by atoms with Gasteiger partial charge in [-0.25, -0.2) is 4.79 Å². The van der Waals surface area contributed by atoms with Gasteiger partial charge in [0.25, 0.3) is 0 Å². The summed E-state index contributed by atoms with van der Waals surface area (Å²) in [6.07, 6.45) is 0.603. The number of nitrogens with zero attached hydrogens (tertiary/aromatic N) is 1. The monoisotopic (exact) mass is 262 g/mol. The lowest BCUT2D eigenvalue weighted by molar-refractivity contribution is -0.149. The zero-order valence-corrected chi connectivity index (χ0v) is 11.1. The van der Waals surface area contributed by atoms with Crippen LogP contribution in [0.2, 0.25) is 0 Å². The predicted octanol–water partition coefficient (Wildman–Crippen LogP) is 0.632. The molecule has 0 aromatic heterocycles. The third kappa shape index (κ3) is 2.76. The van der Waals surface area contributed by atoms with Crippen LogP contribution >= 0.6 is 0 Å². The number of carboxylic acids is 1. The Hall–Kier alpha value is -1.88.